The van der Waals surface area contributed by atoms with Crippen LogP contribution >= 0.6 is 11.3 Å². The van der Waals surface area contributed by atoms with Gasteiger partial charge in [-0.15, -0.1) is 11.3 Å². The van der Waals surface area contributed by atoms with Gasteiger partial charge in [0.15, 0.2) is 0 Å². The summed E-state index contributed by atoms with van der Waals surface area (Å²) in [5.74, 6) is 0.206. The van der Waals surface area contributed by atoms with E-state index < -0.39 is 9.84 Å². The first-order valence-electron chi connectivity index (χ1n) is 4.40. The maximum atomic E-state index is 10.8. The molecule has 0 aliphatic heterocycles. The van der Waals surface area contributed by atoms with E-state index in [1.165, 1.54) is 16.7 Å². The van der Waals surface area contributed by atoms with Gasteiger partial charge in [-0.05, 0) is 23.9 Å². The molecule has 0 unspecified atom stereocenters. The van der Waals surface area contributed by atoms with E-state index in [4.69, 9.17) is 0 Å². The summed E-state index contributed by atoms with van der Waals surface area (Å²) in [6.45, 7) is 3.35. The van der Waals surface area contributed by atoms with Crippen molar-refractivity contribution >= 4 is 21.2 Å². The first-order valence-corrected chi connectivity index (χ1v) is 7.34. The fourth-order valence-corrected chi connectivity index (χ4v) is 2.44. The third-order valence-corrected chi connectivity index (χ3v) is 3.87. The summed E-state index contributed by atoms with van der Waals surface area (Å²) in [4.78, 5) is 1.28. The van der Waals surface area contributed by atoms with Crippen LogP contribution in [0.3, 0.4) is 0 Å². The van der Waals surface area contributed by atoms with E-state index in [1.807, 2.05) is 5.38 Å². The minimum Gasteiger partial charge on any atom is -0.311 e. The molecule has 0 saturated heterocycles. The zero-order chi connectivity index (χ0) is 10.6. The summed E-state index contributed by atoms with van der Waals surface area (Å²) in [6, 6.07) is 2.07. The number of rotatable bonds is 5. The van der Waals surface area contributed by atoms with E-state index in [0.717, 1.165) is 6.54 Å². The molecule has 0 amide bonds. The Kier molecular flexibility index (Phi) is 4.10. The minimum atomic E-state index is -2.83. The Morgan fingerprint density at radius 3 is 2.71 bits per heavy atom. The second-order valence-electron chi connectivity index (χ2n) is 3.33. The van der Waals surface area contributed by atoms with Crippen molar-refractivity contribution in [3.63, 3.8) is 0 Å². The molecular weight excluding hydrogens is 218 g/mol. The van der Waals surface area contributed by atoms with Crippen LogP contribution in [0.2, 0.25) is 0 Å². The van der Waals surface area contributed by atoms with E-state index in [1.54, 1.807) is 11.3 Å². The van der Waals surface area contributed by atoms with Gasteiger partial charge in [0.2, 0.25) is 0 Å². The fraction of sp³-hybridized carbons (Fsp3) is 0.556. The summed E-state index contributed by atoms with van der Waals surface area (Å²) in [6.07, 6.45) is 1.26. The van der Waals surface area contributed by atoms with Gasteiger partial charge in [-0.2, -0.15) is 0 Å². The largest absolute Gasteiger partial charge is 0.311 e. The summed E-state index contributed by atoms with van der Waals surface area (Å²) in [5, 5.41) is 5.16. The van der Waals surface area contributed by atoms with Crippen molar-refractivity contribution in [3.8, 4) is 0 Å². The van der Waals surface area contributed by atoms with E-state index in [-0.39, 0.29) is 5.75 Å². The summed E-state index contributed by atoms with van der Waals surface area (Å²) in [5.41, 5.74) is 1.27. The maximum Gasteiger partial charge on any atom is 0.148 e. The molecule has 0 radical (unpaired) electrons. The molecular formula is C9H15NO2S2. The zero-order valence-corrected chi connectivity index (χ0v) is 10.0. The van der Waals surface area contributed by atoms with Gasteiger partial charge >= 0.3 is 0 Å². The zero-order valence-electron chi connectivity index (χ0n) is 8.41. The van der Waals surface area contributed by atoms with E-state index >= 15 is 0 Å². The standard InChI is InChI=1S/C9H15NO2S2/c1-8-3-5-13-9(8)7-10-4-6-14(2,11)12/h3,5,10H,4,6-7H2,1-2H3. The van der Waals surface area contributed by atoms with Crippen molar-refractivity contribution in [2.75, 3.05) is 18.6 Å². The average Bonchev–Trinajstić information content (AvgIpc) is 2.44. The molecule has 0 bridgehead atoms. The smallest absolute Gasteiger partial charge is 0.148 e. The monoisotopic (exact) mass is 233 g/mol. The molecule has 0 aliphatic rings. The molecule has 80 valence electrons. The van der Waals surface area contributed by atoms with E-state index in [9.17, 15) is 8.42 Å². The molecule has 0 aromatic carbocycles. The second kappa shape index (κ2) is 4.91. The van der Waals surface area contributed by atoms with Gasteiger partial charge in [-0.1, -0.05) is 0 Å². The van der Waals surface area contributed by atoms with Crippen molar-refractivity contribution in [1.29, 1.82) is 0 Å². The predicted molar refractivity (Wildman–Crippen MR) is 60.5 cm³/mol. The minimum absolute atomic E-state index is 0.206. The van der Waals surface area contributed by atoms with Crippen LogP contribution in [0.15, 0.2) is 11.4 Å². The van der Waals surface area contributed by atoms with Gasteiger partial charge in [0.1, 0.15) is 9.84 Å². The highest BCUT2D eigenvalue weighted by atomic mass is 32.2. The van der Waals surface area contributed by atoms with E-state index in [0.29, 0.717) is 6.54 Å². The van der Waals surface area contributed by atoms with Crippen molar-refractivity contribution in [3.05, 3.63) is 21.9 Å². The van der Waals surface area contributed by atoms with Crippen molar-refractivity contribution in [2.45, 2.75) is 13.5 Å². The van der Waals surface area contributed by atoms with Crippen molar-refractivity contribution < 1.29 is 8.42 Å². The molecule has 1 aromatic rings. The van der Waals surface area contributed by atoms with Crippen LogP contribution in [0, 0.1) is 6.92 Å². The summed E-state index contributed by atoms with van der Waals surface area (Å²) in [7, 11) is -2.83. The molecule has 0 saturated carbocycles. The van der Waals surface area contributed by atoms with Gasteiger partial charge in [-0.25, -0.2) is 8.42 Å². The van der Waals surface area contributed by atoms with Crippen LogP contribution in [0.1, 0.15) is 10.4 Å². The summed E-state index contributed by atoms with van der Waals surface area (Å²) < 4.78 is 21.6. The Hall–Kier alpha value is -0.390. The first-order chi connectivity index (χ1) is 6.49. The summed E-state index contributed by atoms with van der Waals surface area (Å²) >= 11 is 1.70. The average molecular weight is 233 g/mol. The Labute approximate surface area is 89.1 Å². The molecule has 1 N–H and O–H groups in total. The first kappa shape index (κ1) is 11.7. The maximum absolute atomic E-state index is 10.8. The lowest BCUT2D eigenvalue weighted by Gasteiger charge is -2.02. The second-order valence-corrected chi connectivity index (χ2v) is 6.59. The Morgan fingerprint density at radius 2 is 2.21 bits per heavy atom. The molecule has 14 heavy (non-hydrogen) atoms. The molecule has 5 heteroatoms. The lowest BCUT2D eigenvalue weighted by atomic mass is 10.3. The molecule has 0 fully saturated rings. The molecule has 0 atom stereocenters. The van der Waals surface area contributed by atoms with Crippen LogP contribution in [0.4, 0.5) is 0 Å². The number of nitrogens with one attached hydrogen (secondary N) is 1. The van der Waals surface area contributed by atoms with Crippen LogP contribution in [0.25, 0.3) is 0 Å². The van der Waals surface area contributed by atoms with Crippen LogP contribution in [-0.2, 0) is 16.4 Å². The van der Waals surface area contributed by atoms with Crippen LogP contribution in [0.5, 0.6) is 0 Å². The molecule has 0 spiro atoms. The Balaban J connectivity index is 2.26. The normalized spacial score (nSPS) is 11.9. The molecule has 3 nitrogen and oxygen atoms in total. The molecule has 1 aromatic heterocycles. The number of thiophene rings is 1. The SMILES string of the molecule is Cc1ccsc1CNCCS(C)(=O)=O. The highest BCUT2D eigenvalue weighted by Gasteiger charge is 2.02. The van der Waals surface area contributed by atoms with Gasteiger partial charge in [0.25, 0.3) is 0 Å². The lowest BCUT2D eigenvalue weighted by molar-refractivity contribution is 0.596. The Morgan fingerprint density at radius 1 is 1.50 bits per heavy atom. The van der Waals surface area contributed by atoms with E-state index in [2.05, 4.69) is 18.3 Å². The molecule has 1 rings (SSSR count). The molecule has 1 heterocycles. The van der Waals surface area contributed by atoms with Gasteiger partial charge < -0.3 is 5.32 Å². The number of aryl methyl sites for hydroxylation is 1. The molecule has 0 aliphatic carbocycles. The Bertz CT molecular complexity index is 381. The van der Waals surface area contributed by atoms with Gasteiger partial charge in [0, 0.05) is 24.2 Å². The lowest BCUT2D eigenvalue weighted by Crippen LogP contribution is -2.21. The van der Waals surface area contributed by atoms with Crippen molar-refractivity contribution in [1.82, 2.24) is 5.32 Å². The van der Waals surface area contributed by atoms with Crippen molar-refractivity contribution in [2.24, 2.45) is 0 Å². The number of hydrogen-bond donors (Lipinski definition) is 1. The van der Waals surface area contributed by atoms with Crippen LogP contribution < -0.4 is 5.32 Å². The fourth-order valence-electron chi connectivity index (χ4n) is 1.04. The third kappa shape index (κ3) is 4.21. The van der Waals surface area contributed by atoms with Crippen LogP contribution in [-0.4, -0.2) is 27.0 Å². The van der Waals surface area contributed by atoms with Gasteiger partial charge in [0.05, 0.1) is 5.75 Å². The third-order valence-electron chi connectivity index (χ3n) is 1.90. The highest BCUT2D eigenvalue weighted by Crippen LogP contribution is 2.14. The highest BCUT2D eigenvalue weighted by molar-refractivity contribution is 7.90. The number of sulfone groups is 1. The van der Waals surface area contributed by atoms with Gasteiger partial charge in [-0.3, -0.25) is 0 Å². The predicted octanol–water partition coefficient (Wildman–Crippen LogP) is 1.19. The topological polar surface area (TPSA) is 46.2 Å². The number of hydrogen-bond acceptors (Lipinski definition) is 4. The quantitative estimate of drug-likeness (QED) is 0.777.